The maximum atomic E-state index is 13.0. The quantitative estimate of drug-likeness (QED) is 0.828. The van der Waals surface area contributed by atoms with Gasteiger partial charge in [0.15, 0.2) is 11.6 Å². The van der Waals surface area contributed by atoms with Gasteiger partial charge in [-0.25, -0.2) is 4.39 Å². The summed E-state index contributed by atoms with van der Waals surface area (Å²) in [6, 6.07) is 1.42. The number of hydrogen-bond donors (Lipinski definition) is 1. The van der Waals surface area contributed by atoms with Crippen molar-refractivity contribution in [2.45, 2.75) is 19.3 Å². The summed E-state index contributed by atoms with van der Waals surface area (Å²) in [4.78, 5) is 14.3. The lowest BCUT2D eigenvalue weighted by Crippen LogP contribution is -2.05. The molecule has 0 spiro atoms. The van der Waals surface area contributed by atoms with Gasteiger partial charge in [0.1, 0.15) is 0 Å². The van der Waals surface area contributed by atoms with Crippen LogP contribution in [0, 0.1) is 5.82 Å². The van der Waals surface area contributed by atoms with E-state index in [-0.39, 0.29) is 18.1 Å². The number of carboxylic acids is 1. The maximum Gasteiger partial charge on any atom is 0.304 e. The third kappa shape index (κ3) is 2.90. The predicted molar refractivity (Wildman–Crippen MR) is 51.4 cm³/mol. The molecule has 0 amide bonds. The summed E-state index contributed by atoms with van der Waals surface area (Å²) in [5.74, 6) is -1.65. The van der Waals surface area contributed by atoms with Crippen molar-refractivity contribution < 1.29 is 19.0 Å². The Labute approximate surface area is 86.7 Å². The minimum Gasteiger partial charge on any atom is -0.494 e. The molecule has 4 nitrogen and oxygen atoms in total. The molecule has 1 rings (SSSR count). The van der Waals surface area contributed by atoms with E-state index in [0.717, 1.165) is 6.20 Å². The molecule has 15 heavy (non-hydrogen) atoms. The first-order valence-electron chi connectivity index (χ1n) is 4.45. The molecule has 1 aromatic heterocycles. The second kappa shape index (κ2) is 4.72. The molecule has 5 heteroatoms. The number of halogens is 1. The largest absolute Gasteiger partial charge is 0.494 e. The van der Waals surface area contributed by atoms with Crippen LogP contribution >= 0.6 is 0 Å². The molecule has 0 saturated carbocycles. The number of nitrogens with zero attached hydrogens (tertiary/aromatic N) is 1. The van der Waals surface area contributed by atoms with Crippen LogP contribution in [0.15, 0.2) is 12.3 Å². The molecule has 1 atom stereocenters. The van der Waals surface area contributed by atoms with Gasteiger partial charge < -0.3 is 9.84 Å². The van der Waals surface area contributed by atoms with Crippen LogP contribution in [-0.2, 0) is 4.79 Å². The molecular formula is C10H12FNO3. The molecule has 0 fully saturated rings. The van der Waals surface area contributed by atoms with Gasteiger partial charge in [0.25, 0.3) is 0 Å². The Morgan fingerprint density at radius 3 is 2.93 bits per heavy atom. The third-order valence-corrected chi connectivity index (χ3v) is 2.05. The molecule has 0 bridgehead atoms. The fourth-order valence-corrected chi connectivity index (χ4v) is 1.23. The Morgan fingerprint density at radius 2 is 2.40 bits per heavy atom. The maximum absolute atomic E-state index is 13.0. The Kier molecular flexibility index (Phi) is 3.60. The van der Waals surface area contributed by atoms with Gasteiger partial charge in [-0.15, -0.1) is 0 Å². The highest BCUT2D eigenvalue weighted by Gasteiger charge is 2.14. The molecule has 0 radical (unpaired) electrons. The van der Waals surface area contributed by atoms with Gasteiger partial charge in [-0.1, -0.05) is 6.92 Å². The molecule has 1 heterocycles. The smallest absolute Gasteiger partial charge is 0.304 e. The number of methoxy groups -OCH3 is 1. The van der Waals surface area contributed by atoms with E-state index in [9.17, 15) is 9.18 Å². The van der Waals surface area contributed by atoms with E-state index in [4.69, 9.17) is 9.84 Å². The molecule has 0 aliphatic heterocycles. The second-order valence-electron chi connectivity index (χ2n) is 3.24. The van der Waals surface area contributed by atoms with E-state index < -0.39 is 11.8 Å². The molecule has 0 aliphatic carbocycles. The van der Waals surface area contributed by atoms with E-state index >= 15 is 0 Å². The van der Waals surface area contributed by atoms with Crippen LogP contribution in [0.3, 0.4) is 0 Å². The van der Waals surface area contributed by atoms with Crippen LogP contribution in [-0.4, -0.2) is 23.2 Å². The van der Waals surface area contributed by atoms with Crippen molar-refractivity contribution in [1.82, 2.24) is 4.98 Å². The lowest BCUT2D eigenvalue weighted by Gasteiger charge is -2.09. The van der Waals surface area contributed by atoms with Crippen molar-refractivity contribution in [2.24, 2.45) is 0 Å². The van der Waals surface area contributed by atoms with Crippen LogP contribution in [0.1, 0.15) is 25.0 Å². The highest BCUT2D eigenvalue weighted by molar-refractivity contribution is 5.67. The van der Waals surface area contributed by atoms with Gasteiger partial charge in [0, 0.05) is 17.7 Å². The average molecular weight is 213 g/mol. The monoisotopic (exact) mass is 213 g/mol. The first-order chi connectivity index (χ1) is 7.04. The van der Waals surface area contributed by atoms with Crippen LogP contribution in [0.25, 0.3) is 0 Å². The van der Waals surface area contributed by atoms with Gasteiger partial charge in [0.05, 0.1) is 19.7 Å². The Bertz CT molecular complexity index is 368. The van der Waals surface area contributed by atoms with Crippen LogP contribution in [0.4, 0.5) is 4.39 Å². The number of pyridine rings is 1. The zero-order chi connectivity index (χ0) is 11.4. The van der Waals surface area contributed by atoms with Gasteiger partial charge in [0.2, 0.25) is 0 Å². The van der Waals surface area contributed by atoms with Gasteiger partial charge in [-0.3, -0.25) is 9.78 Å². The lowest BCUT2D eigenvalue weighted by atomic mass is 10.0. The van der Waals surface area contributed by atoms with Crippen molar-refractivity contribution in [1.29, 1.82) is 0 Å². The summed E-state index contributed by atoms with van der Waals surface area (Å²) >= 11 is 0. The molecule has 0 aromatic carbocycles. The molecule has 1 N–H and O–H groups in total. The molecular weight excluding hydrogens is 201 g/mol. The summed E-state index contributed by atoms with van der Waals surface area (Å²) in [7, 11) is 1.35. The Morgan fingerprint density at radius 1 is 1.73 bits per heavy atom. The van der Waals surface area contributed by atoms with Crippen molar-refractivity contribution >= 4 is 5.97 Å². The number of carbonyl (C=O) groups is 1. The summed E-state index contributed by atoms with van der Waals surface area (Å²) < 4.78 is 17.8. The van der Waals surface area contributed by atoms with Crippen molar-refractivity contribution in [3.63, 3.8) is 0 Å². The van der Waals surface area contributed by atoms with E-state index in [1.54, 1.807) is 6.92 Å². The molecule has 1 unspecified atom stereocenters. The summed E-state index contributed by atoms with van der Waals surface area (Å²) in [6.07, 6.45) is 0.994. The number of hydrogen-bond acceptors (Lipinski definition) is 3. The van der Waals surface area contributed by atoms with Crippen molar-refractivity contribution in [3.8, 4) is 5.75 Å². The minimum atomic E-state index is -0.910. The number of aliphatic carboxylic acids is 1. The molecule has 82 valence electrons. The molecule has 0 aliphatic rings. The van der Waals surface area contributed by atoms with Crippen LogP contribution in [0.5, 0.6) is 5.75 Å². The van der Waals surface area contributed by atoms with E-state index in [0.29, 0.717) is 5.69 Å². The Hall–Kier alpha value is -1.65. The first-order valence-corrected chi connectivity index (χ1v) is 4.45. The third-order valence-electron chi connectivity index (χ3n) is 2.05. The molecule has 0 saturated heterocycles. The zero-order valence-corrected chi connectivity index (χ0v) is 8.53. The topological polar surface area (TPSA) is 59.4 Å². The SMILES string of the molecule is COc1cc(C(C)CC(=O)O)ncc1F. The molecule has 1 aromatic rings. The predicted octanol–water partition coefficient (Wildman–Crippen LogP) is 1.81. The zero-order valence-electron chi connectivity index (χ0n) is 8.53. The van der Waals surface area contributed by atoms with Gasteiger partial charge in [-0.2, -0.15) is 0 Å². The van der Waals surface area contributed by atoms with E-state index in [1.807, 2.05) is 0 Å². The first kappa shape index (κ1) is 11.4. The highest BCUT2D eigenvalue weighted by atomic mass is 19.1. The van der Waals surface area contributed by atoms with Crippen molar-refractivity contribution in [3.05, 3.63) is 23.8 Å². The minimum absolute atomic E-state index is 0.0399. The lowest BCUT2D eigenvalue weighted by molar-refractivity contribution is -0.137. The van der Waals surface area contributed by atoms with E-state index in [2.05, 4.69) is 4.98 Å². The summed E-state index contributed by atoms with van der Waals surface area (Å²) in [5, 5.41) is 8.59. The fraction of sp³-hybridized carbons (Fsp3) is 0.400. The standard InChI is InChI=1S/C10H12FNO3/c1-6(3-10(13)14)8-4-9(15-2)7(11)5-12-8/h4-6H,3H2,1-2H3,(H,13,14). The van der Waals surface area contributed by atoms with Crippen LogP contribution < -0.4 is 4.74 Å². The number of carboxylic acid groups (broad SMARTS) is 1. The van der Waals surface area contributed by atoms with Crippen molar-refractivity contribution in [2.75, 3.05) is 7.11 Å². The normalized spacial score (nSPS) is 12.2. The Balaban J connectivity index is 2.90. The van der Waals surface area contributed by atoms with Crippen LogP contribution in [0.2, 0.25) is 0 Å². The average Bonchev–Trinajstić information content (AvgIpc) is 2.17. The number of rotatable bonds is 4. The summed E-state index contributed by atoms with van der Waals surface area (Å²) in [6.45, 7) is 1.72. The van der Waals surface area contributed by atoms with E-state index in [1.165, 1.54) is 13.2 Å². The highest BCUT2D eigenvalue weighted by Crippen LogP contribution is 2.23. The number of ether oxygens (including phenoxy) is 1. The van der Waals surface area contributed by atoms with Gasteiger partial charge in [-0.05, 0) is 0 Å². The summed E-state index contributed by atoms with van der Waals surface area (Å²) in [5.41, 5.74) is 0.510. The fourth-order valence-electron chi connectivity index (χ4n) is 1.23. The number of aromatic nitrogens is 1. The van der Waals surface area contributed by atoms with Gasteiger partial charge >= 0.3 is 5.97 Å². The second-order valence-corrected chi connectivity index (χ2v) is 3.24.